The maximum atomic E-state index is 6.46. The lowest BCUT2D eigenvalue weighted by molar-refractivity contribution is -0.000845. The van der Waals surface area contributed by atoms with Gasteiger partial charge in [0.05, 0.1) is 5.69 Å². The van der Waals surface area contributed by atoms with Gasteiger partial charge in [-0.1, -0.05) is 26.0 Å². The SMILES string of the molecule is CC1(C)CCCC(C)(Oc2cccc3c2NCC3)C1. The van der Waals surface area contributed by atoms with Crippen molar-refractivity contribution in [1.82, 2.24) is 0 Å². The Bertz CT molecular complexity index is 480. The van der Waals surface area contributed by atoms with Gasteiger partial charge in [-0.25, -0.2) is 0 Å². The fourth-order valence-electron chi connectivity index (χ4n) is 3.88. The van der Waals surface area contributed by atoms with Crippen LogP contribution in [0.3, 0.4) is 0 Å². The van der Waals surface area contributed by atoms with Crippen LogP contribution < -0.4 is 10.1 Å². The molecule has 0 amide bonds. The van der Waals surface area contributed by atoms with Crippen LogP contribution in [-0.4, -0.2) is 12.1 Å². The molecule has 0 saturated heterocycles. The summed E-state index contributed by atoms with van der Waals surface area (Å²) in [5.74, 6) is 1.05. The highest BCUT2D eigenvalue weighted by molar-refractivity contribution is 5.65. The van der Waals surface area contributed by atoms with Crippen LogP contribution in [0.4, 0.5) is 5.69 Å². The van der Waals surface area contributed by atoms with Crippen molar-refractivity contribution >= 4 is 5.69 Å². The van der Waals surface area contributed by atoms with Crippen LogP contribution in [0.15, 0.2) is 18.2 Å². The second-order valence-electron chi connectivity index (χ2n) is 7.21. The van der Waals surface area contributed by atoms with E-state index in [4.69, 9.17) is 4.74 Å². The smallest absolute Gasteiger partial charge is 0.143 e. The van der Waals surface area contributed by atoms with Gasteiger partial charge in [-0.15, -0.1) is 0 Å². The maximum Gasteiger partial charge on any atom is 0.143 e. The quantitative estimate of drug-likeness (QED) is 0.850. The Labute approximate surface area is 116 Å². The molecule has 0 aromatic heterocycles. The van der Waals surface area contributed by atoms with Crippen molar-refractivity contribution in [3.8, 4) is 5.75 Å². The van der Waals surface area contributed by atoms with Gasteiger partial charge in [-0.2, -0.15) is 0 Å². The van der Waals surface area contributed by atoms with Gasteiger partial charge in [0.1, 0.15) is 11.4 Å². The molecule has 0 spiro atoms. The minimum atomic E-state index is -0.0128. The molecule has 3 rings (SSSR count). The van der Waals surface area contributed by atoms with E-state index in [0.29, 0.717) is 5.41 Å². The summed E-state index contributed by atoms with van der Waals surface area (Å²) in [6.07, 6.45) is 6.02. The van der Waals surface area contributed by atoms with E-state index in [9.17, 15) is 0 Å². The predicted octanol–water partition coefficient (Wildman–Crippen LogP) is 4.39. The zero-order valence-corrected chi connectivity index (χ0v) is 12.4. The molecule has 2 aliphatic rings. The minimum Gasteiger partial charge on any atom is -0.485 e. The van der Waals surface area contributed by atoms with Gasteiger partial charge in [0, 0.05) is 6.54 Å². The molecule has 1 atom stereocenters. The lowest BCUT2D eigenvalue weighted by Gasteiger charge is -2.43. The fraction of sp³-hybridized carbons (Fsp3) is 0.647. The molecule has 1 aromatic carbocycles. The van der Waals surface area contributed by atoms with E-state index in [1.54, 1.807) is 0 Å². The third kappa shape index (κ3) is 2.58. The van der Waals surface area contributed by atoms with E-state index < -0.39 is 0 Å². The molecule has 1 aliphatic heterocycles. The van der Waals surface area contributed by atoms with Crippen molar-refractivity contribution in [3.05, 3.63) is 23.8 Å². The Morgan fingerprint density at radius 2 is 2.00 bits per heavy atom. The molecule has 2 heteroatoms. The summed E-state index contributed by atoms with van der Waals surface area (Å²) in [5, 5.41) is 3.47. The van der Waals surface area contributed by atoms with Gasteiger partial charge in [0.15, 0.2) is 0 Å². The highest BCUT2D eigenvalue weighted by Crippen LogP contribution is 2.44. The average molecular weight is 259 g/mol. The topological polar surface area (TPSA) is 21.3 Å². The van der Waals surface area contributed by atoms with Crippen LogP contribution in [0, 0.1) is 5.41 Å². The second kappa shape index (κ2) is 4.43. The van der Waals surface area contributed by atoms with Crippen LogP contribution in [0.2, 0.25) is 0 Å². The number of rotatable bonds is 2. The molecule has 19 heavy (non-hydrogen) atoms. The van der Waals surface area contributed by atoms with Crippen molar-refractivity contribution in [1.29, 1.82) is 0 Å². The lowest BCUT2D eigenvalue weighted by Crippen LogP contribution is -2.41. The first-order valence-corrected chi connectivity index (χ1v) is 7.52. The minimum absolute atomic E-state index is 0.0128. The first-order valence-electron chi connectivity index (χ1n) is 7.52. The summed E-state index contributed by atoms with van der Waals surface area (Å²) in [6, 6.07) is 6.44. The van der Waals surface area contributed by atoms with Gasteiger partial charge in [-0.3, -0.25) is 0 Å². The Hall–Kier alpha value is -1.18. The highest BCUT2D eigenvalue weighted by atomic mass is 16.5. The van der Waals surface area contributed by atoms with E-state index in [0.717, 1.165) is 25.1 Å². The standard InChI is InChI=1S/C17H25NO/c1-16(2)9-5-10-17(3,12-16)19-14-7-4-6-13-8-11-18-15(13)14/h4,6-7,18H,5,8-12H2,1-3H3. The highest BCUT2D eigenvalue weighted by Gasteiger charge is 2.38. The third-order valence-corrected chi connectivity index (χ3v) is 4.58. The van der Waals surface area contributed by atoms with Gasteiger partial charge in [0.25, 0.3) is 0 Å². The van der Waals surface area contributed by atoms with Crippen LogP contribution in [0.5, 0.6) is 5.75 Å². The number of hydrogen-bond donors (Lipinski definition) is 1. The van der Waals surface area contributed by atoms with Crippen LogP contribution >= 0.6 is 0 Å². The van der Waals surface area contributed by atoms with E-state index in [1.807, 2.05) is 0 Å². The number of benzene rings is 1. The summed E-state index contributed by atoms with van der Waals surface area (Å²) >= 11 is 0. The maximum absolute atomic E-state index is 6.46. The molecule has 0 bridgehead atoms. The second-order valence-corrected chi connectivity index (χ2v) is 7.21. The number of nitrogens with one attached hydrogen (secondary N) is 1. The molecule has 1 fully saturated rings. The monoisotopic (exact) mass is 259 g/mol. The molecule has 1 saturated carbocycles. The molecule has 104 valence electrons. The normalized spacial score (nSPS) is 28.6. The van der Waals surface area contributed by atoms with Gasteiger partial charge >= 0.3 is 0 Å². The Kier molecular flexibility index (Phi) is 2.99. The first-order chi connectivity index (χ1) is 8.98. The summed E-state index contributed by atoms with van der Waals surface area (Å²) in [4.78, 5) is 0. The predicted molar refractivity (Wildman–Crippen MR) is 79.9 cm³/mol. The number of para-hydroxylation sites is 1. The third-order valence-electron chi connectivity index (χ3n) is 4.58. The largest absolute Gasteiger partial charge is 0.485 e. The lowest BCUT2D eigenvalue weighted by atomic mass is 9.70. The van der Waals surface area contributed by atoms with Crippen molar-refractivity contribution in [2.75, 3.05) is 11.9 Å². The summed E-state index contributed by atoms with van der Waals surface area (Å²) < 4.78 is 6.46. The molecule has 1 aliphatic carbocycles. The van der Waals surface area contributed by atoms with E-state index in [2.05, 4.69) is 44.3 Å². The van der Waals surface area contributed by atoms with Gasteiger partial charge in [-0.05, 0) is 56.1 Å². The Morgan fingerprint density at radius 1 is 1.16 bits per heavy atom. The van der Waals surface area contributed by atoms with Crippen molar-refractivity contribution in [3.63, 3.8) is 0 Å². The van der Waals surface area contributed by atoms with E-state index in [1.165, 1.54) is 30.5 Å². The summed E-state index contributed by atoms with van der Waals surface area (Å²) in [5.41, 5.74) is 3.02. The van der Waals surface area contributed by atoms with Crippen molar-refractivity contribution in [2.24, 2.45) is 5.41 Å². The molecule has 0 radical (unpaired) electrons. The van der Waals surface area contributed by atoms with Crippen molar-refractivity contribution in [2.45, 2.75) is 58.5 Å². The van der Waals surface area contributed by atoms with E-state index >= 15 is 0 Å². The number of hydrogen-bond acceptors (Lipinski definition) is 2. The Morgan fingerprint density at radius 3 is 2.79 bits per heavy atom. The number of anilines is 1. The molecule has 1 unspecified atom stereocenters. The Balaban J connectivity index is 1.83. The molecule has 1 heterocycles. The van der Waals surface area contributed by atoms with E-state index in [-0.39, 0.29) is 5.60 Å². The van der Waals surface area contributed by atoms with Crippen LogP contribution in [0.1, 0.15) is 52.0 Å². The zero-order valence-electron chi connectivity index (χ0n) is 12.4. The molecular weight excluding hydrogens is 234 g/mol. The summed E-state index contributed by atoms with van der Waals surface area (Å²) in [6.45, 7) is 8.04. The molecule has 1 aromatic rings. The van der Waals surface area contributed by atoms with Crippen LogP contribution in [0.25, 0.3) is 0 Å². The van der Waals surface area contributed by atoms with Gasteiger partial charge < -0.3 is 10.1 Å². The summed E-state index contributed by atoms with van der Waals surface area (Å²) in [7, 11) is 0. The number of fused-ring (bicyclic) bond motifs is 1. The first kappa shape index (κ1) is 12.8. The van der Waals surface area contributed by atoms with Gasteiger partial charge in [0.2, 0.25) is 0 Å². The van der Waals surface area contributed by atoms with Crippen molar-refractivity contribution < 1.29 is 4.74 Å². The molecular formula is C17H25NO. The molecule has 2 nitrogen and oxygen atoms in total. The number of ether oxygens (including phenoxy) is 1. The molecule has 1 N–H and O–H groups in total. The zero-order chi connectivity index (χ0) is 13.5. The fourth-order valence-corrected chi connectivity index (χ4v) is 3.88. The van der Waals surface area contributed by atoms with Crippen LogP contribution in [-0.2, 0) is 6.42 Å². The average Bonchev–Trinajstić information content (AvgIpc) is 2.75.